The molecule has 10 heteroatoms. The van der Waals surface area contributed by atoms with Gasteiger partial charge < -0.3 is 4.98 Å². The maximum Gasteiger partial charge on any atom is 0.283 e. The minimum atomic E-state index is -4.08. The Kier molecular flexibility index (Phi) is 4.09. The van der Waals surface area contributed by atoms with Crippen LogP contribution in [-0.2, 0) is 10.0 Å². The Hall–Kier alpha value is -2.20. The van der Waals surface area contributed by atoms with E-state index in [9.17, 15) is 23.3 Å². The van der Waals surface area contributed by atoms with Crippen LogP contribution in [-0.4, -0.2) is 18.3 Å². The molecular weight excluding hydrogens is 366 g/mol. The number of H-pyrrole nitrogens is 1. The van der Waals surface area contributed by atoms with Gasteiger partial charge in [0, 0.05) is 24.5 Å². The summed E-state index contributed by atoms with van der Waals surface area (Å²) in [4.78, 5) is 23.7. The SMILES string of the molecule is O=c1cc[nH]cc1S(=O)(=O)Nc1ccc([N+](=O)[O-])c(Br)c1. The summed E-state index contributed by atoms with van der Waals surface area (Å²) >= 11 is 2.98. The highest BCUT2D eigenvalue weighted by Crippen LogP contribution is 2.28. The Morgan fingerprint density at radius 3 is 2.57 bits per heavy atom. The molecule has 0 aliphatic carbocycles. The number of hydrogen-bond donors (Lipinski definition) is 2. The van der Waals surface area contributed by atoms with E-state index in [2.05, 4.69) is 25.6 Å². The van der Waals surface area contributed by atoms with Gasteiger partial charge in [-0.1, -0.05) is 0 Å². The molecule has 2 aromatic rings. The molecule has 0 saturated carbocycles. The van der Waals surface area contributed by atoms with Crippen LogP contribution in [0.2, 0.25) is 0 Å². The van der Waals surface area contributed by atoms with E-state index in [1.54, 1.807) is 0 Å². The number of benzene rings is 1. The molecule has 0 saturated heterocycles. The lowest BCUT2D eigenvalue weighted by atomic mass is 10.3. The van der Waals surface area contributed by atoms with Crippen molar-refractivity contribution in [2.24, 2.45) is 0 Å². The fraction of sp³-hybridized carbons (Fsp3) is 0. The van der Waals surface area contributed by atoms with E-state index in [1.807, 2.05) is 0 Å². The standard InChI is InChI=1S/C11H8BrN3O5S/c12-8-5-7(1-2-9(8)15(17)18)14-21(19,20)11-6-13-4-3-10(11)16/h1-6,14H,(H,13,16). The molecule has 1 heterocycles. The van der Waals surface area contributed by atoms with Gasteiger partial charge in [0.25, 0.3) is 15.7 Å². The second-order valence-corrected chi connectivity index (χ2v) is 6.41. The number of nitro benzene ring substituents is 1. The molecule has 1 aromatic heterocycles. The number of rotatable bonds is 4. The zero-order valence-electron chi connectivity index (χ0n) is 10.2. The van der Waals surface area contributed by atoms with Crippen molar-refractivity contribution in [3.05, 3.63) is 61.5 Å². The van der Waals surface area contributed by atoms with Gasteiger partial charge in [0.2, 0.25) is 5.43 Å². The van der Waals surface area contributed by atoms with Gasteiger partial charge in [-0.2, -0.15) is 0 Å². The van der Waals surface area contributed by atoms with E-state index in [0.29, 0.717) is 0 Å². The first-order valence-electron chi connectivity index (χ1n) is 5.45. The van der Waals surface area contributed by atoms with E-state index in [1.165, 1.54) is 18.3 Å². The Bertz CT molecular complexity index is 862. The lowest BCUT2D eigenvalue weighted by Gasteiger charge is -2.07. The second-order valence-electron chi connectivity index (χ2n) is 3.90. The molecule has 110 valence electrons. The van der Waals surface area contributed by atoms with E-state index >= 15 is 0 Å². The maximum atomic E-state index is 12.1. The Morgan fingerprint density at radius 2 is 2.00 bits per heavy atom. The highest BCUT2D eigenvalue weighted by atomic mass is 79.9. The zero-order chi connectivity index (χ0) is 15.6. The van der Waals surface area contributed by atoms with Crippen molar-refractivity contribution in [2.75, 3.05) is 4.72 Å². The lowest BCUT2D eigenvalue weighted by molar-refractivity contribution is -0.385. The summed E-state index contributed by atoms with van der Waals surface area (Å²) in [6, 6.07) is 4.71. The highest BCUT2D eigenvalue weighted by Gasteiger charge is 2.19. The average molecular weight is 374 g/mol. The van der Waals surface area contributed by atoms with Gasteiger partial charge in [0.1, 0.15) is 0 Å². The summed E-state index contributed by atoms with van der Waals surface area (Å²) in [6.07, 6.45) is 2.37. The van der Waals surface area contributed by atoms with E-state index < -0.39 is 25.3 Å². The number of pyridine rings is 1. The Morgan fingerprint density at radius 1 is 1.29 bits per heavy atom. The molecular formula is C11H8BrN3O5S. The number of aromatic nitrogens is 1. The van der Waals surface area contributed by atoms with Gasteiger partial charge >= 0.3 is 0 Å². The van der Waals surface area contributed by atoms with E-state index in [4.69, 9.17) is 0 Å². The summed E-state index contributed by atoms with van der Waals surface area (Å²) in [5.74, 6) is 0. The third kappa shape index (κ3) is 3.28. The van der Waals surface area contributed by atoms with Crippen LogP contribution in [0, 0.1) is 10.1 Å². The van der Waals surface area contributed by atoms with Crippen LogP contribution in [0.15, 0.2) is 50.8 Å². The minimum absolute atomic E-state index is 0.0933. The summed E-state index contributed by atoms with van der Waals surface area (Å²) in [7, 11) is -4.08. The largest absolute Gasteiger partial charge is 0.366 e. The number of nitro groups is 1. The number of halogens is 1. The molecule has 0 aliphatic heterocycles. The normalized spacial score (nSPS) is 11.1. The predicted molar refractivity (Wildman–Crippen MR) is 78.7 cm³/mol. The zero-order valence-corrected chi connectivity index (χ0v) is 12.6. The molecule has 2 rings (SSSR count). The second kappa shape index (κ2) is 5.66. The smallest absolute Gasteiger partial charge is 0.283 e. The molecule has 0 atom stereocenters. The summed E-state index contributed by atoms with van der Waals surface area (Å²) < 4.78 is 26.4. The monoisotopic (exact) mass is 373 g/mol. The van der Waals surface area contributed by atoms with E-state index in [-0.39, 0.29) is 15.8 Å². The molecule has 0 unspecified atom stereocenters. The van der Waals surface area contributed by atoms with Gasteiger partial charge in [0.15, 0.2) is 4.90 Å². The molecule has 0 fully saturated rings. The predicted octanol–water partition coefficient (Wildman–Crippen LogP) is 1.85. The first kappa shape index (κ1) is 15.2. The third-order valence-corrected chi connectivity index (χ3v) is 4.51. The first-order chi connectivity index (χ1) is 9.81. The summed E-state index contributed by atoms with van der Waals surface area (Å²) in [6.45, 7) is 0. The van der Waals surface area contributed by atoms with Crippen molar-refractivity contribution in [1.29, 1.82) is 0 Å². The van der Waals surface area contributed by atoms with Gasteiger partial charge in [-0.05, 0) is 28.1 Å². The molecule has 0 bridgehead atoms. The fourth-order valence-electron chi connectivity index (χ4n) is 1.54. The van der Waals surface area contributed by atoms with Crippen LogP contribution in [0.3, 0.4) is 0 Å². The first-order valence-corrected chi connectivity index (χ1v) is 7.73. The third-order valence-electron chi connectivity index (χ3n) is 2.47. The van der Waals surface area contributed by atoms with Crippen LogP contribution in [0.25, 0.3) is 0 Å². The van der Waals surface area contributed by atoms with Gasteiger partial charge in [-0.15, -0.1) is 0 Å². The number of nitrogens with one attached hydrogen (secondary N) is 2. The molecule has 21 heavy (non-hydrogen) atoms. The van der Waals surface area contributed by atoms with Crippen LogP contribution < -0.4 is 10.2 Å². The van der Waals surface area contributed by atoms with Crippen molar-refractivity contribution in [2.45, 2.75) is 4.90 Å². The van der Waals surface area contributed by atoms with Gasteiger partial charge in [-0.3, -0.25) is 19.6 Å². The van der Waals surface area contributed by atoms with Crippen molar-refractivity contribution >= 4 is 37.3 Å². The van der Waals surface area contributed by atoms with Gasteiger partial charge in [-0.25, -0.2) is 8.42 Å². The molecule has 0 radical (unpaired) electrons. The molecule has 2 N–H and O–H groups in total. The summed E-state index contributed by atoms with van der Waals surface area (Å²) in [5, 5.41) is 10.7. The minimum Gasteiger partial charge on any atom is -0.366 e. The van der Waals surface area contributed by atoms with Crippen LogP contribution in [0.1, 0.15) is 0 Å². The van der Waals surface area contributed by atoms with Gasteiger partial charge in [0.05, 0.1) is 15.1 Å². The van der Waals surface area contributed by atoms with Crippen molar-refractivity contribution in [3.8, 4) is 0 Å². The van der Waals surface area contributed by atoms with Crippen molar-refractivity contribution in [3.63, 3.8) is 0 Å². The number of aromatic amines is 1. The lowest BCUT2D eigenvalue weighted by Crippen LogP contribution is -2.20. The number of sulfonamides is 1. The summed E-state index contributed by atoms with van der Waals surface area (Å²) in [5.41, 5.74) is -0.770. The molecule has 1 aromatic carbocycles. The Labute approximate surface area is 127 Å². The van der Waals surface area contributed by atoms with Crippen molar-refractivity contribution < 1.29 is 13.3 Å². The fourth-order valence-corrected chi connectivity index (χ4v) is 3.17. The topological polar surface area (TPSA) is 122 Å². The molecule has 0 aliphatic rings. The molecule has 0 amide bonds. The highest BCUT2D eigenvalue weighted by molar-refractivity contribution is 9.10. The quantitative estimate of drug-likeness (QED) is 0.625. The Balaban J connectivity index is 2.38. The molecule has 0 spiro atoms. The molecule has 8 nitrogen and oxygen atoms in total. The van der Waals surface area contributed by atoms with Crippen LogP contribution in [0.5, 0.6) is 0 Å². The van der Waals surface area contributed by atoms with E-state index in [0.717, 1.165) is 18.3 Å². The average Bonchev–Trinajstić information content (AvgIpc) is 2.38. The van der Waals surface area contributed by atoms with Crippen LogP contribution in [0.4, 0.5) is 11.4 Å². The number of hydrogen-bond acceptors (Lipinski definition) is 5. The van der Waals surface area contributed by atoms with Crippen LogP contribution >= 0.6 is 15.9 Å². The number of anilines is 1. The number of nitrogens with zero attached hydrogens (tertiary/aromatic N) is 1. The van der Waals surface area contributed by atoms with Crippen molar-refractivity contribution in [1.82, 2.24) is 4.98 Å². The maximum absolute atomic E-state index is 12.1.